The van der Waals surface area contributed by atoms with E-state index in [2.05, 4.69) is 39.9 Å². The van der Waals surface area contributed by atoms with Gasteiger partial charge in [0, 0.05) is 13.8 Å². The molecule has 36 heavy (non-hydrogen) atoms. The summed E-state index contributed by atoms with van der Waals surface area (Å²) >= 11 is 0. The standard InChI is InChI=1S/C31H53NO4/c1-19(2)10-8-11-20(3)24-13-14-25-23-18-28(36-22(5)34)31(32-21(4)33)27(35)12-9-16-30(31,7)26(23)15-17-29(24,25)6/h19-20,23-28,35H,8-18H2,1-7H3,(H,32,33). The maximum atomic E-state index is 12.6. The lowest BCUT2D eigenvalue weighted by Gasteiger charge is -2.68. The highest BCUT2D eigenvalue weighted by Gasteiger charge is 2.70. The van der Waals surface area contributed by atoms with Gasteiger partial charge in [0.05, 0.1) is 6.10 Å². The Morgan fingerprint density at radius 3 is 2.36 bits per heavy atom. The fourth-order valence-electron chi connectivity index (χ4n) is 10.4. The molecule has 0 aromatic carbocycles. The van der Waals surface area contributed by atoms with Crippen molar-refractivity contribution in [3.8, 4) is 0 Å². The fourth-order valence-corrected chi connectivity index (χ4v) is 10.4. The summed E-state index contributed by atoms with van der Waals surface area (Å²) in [5.74, 6) is 3.34. The molecular formula is C31H53NO4. The second kappa shape index (κ2) is 10.2. The molecule has 10 unspecified atom stereocenters. The highest BCUT2D eigenvalue weighted by molar-refractivity contribution is 5.74. The fraction of sp³-hybridized carbons (Fsp3) is 0.935. The summed E-state index contributed by atoms with van der Waals surface area (Å²) in [6, 6.07) is 0. The number of esters is 1. The summed E-state index contributed by atoms with van der Waals surface area (Å²) in [5, 5.41) is 14.7. The van der Waals surface area contributed by atoms with E-state index in [9.17, 15) is 14.7 Å². The first-order chi connectivity index (χ1) is 16.9. The topological polar surface area (TPSA) is 75.6 Å². The van der Waals surface area contributed by atoms with Gasteiger partial charge >= 0.3 is 5.97 Å². The van der Waals surface area contributed by atoms with Crippen LogP contribution in [0.5, 0.6) is 0 Å². The summed E-state index contributed by atoms with van der Waals surface area (Å²) in [4.78, 5) is 24.9. The minimum atomic E-state index is -0.903. The maximum Gasteiger partial charge on any atom is 0.302 e. The van der Waals surface area contributed by atoms with Gasteiger partial charge < -0.3 is 15.2 Å². The van der Waals surface area contributed by atoms with E-state index in [1.54, 1.807) is 0 Å². The lowest BCUT2D eigenvalue weighted by atomic mass is 9.41. The van der Waals surface area contributed by atoms with Crippen LogP contribution < -0.4 is 5.32 Å². The van der Waals surface area contributed by atoms with Gasteiger partial charge in [-0.1, -0.05) is 60.3 Å². The molecule has 5 nitrogen and oxygen atoms in total. The van der Waals surface area contributed by atoms with Crippen LogP contribution in [0.2, 0.25) is 0 Å². The molecule has 1 amide bonds. The minimum absolute atomic E-state index is 0.144. The number of nitrogens with one attached hydrogen (secondary N) is 1. The van der Waals surface area contributed by atoms with Crippen LogP contribution in [0.3, 0.4) is 0 Å². The lowest BCUT2D eigenvalue weighted by Crippen LogP contribution is -2.78. The van der Waals surface area contributed by atoms with E-state index in [0.717, 1.165) is 43.4 Å². The largest absolute Gasteiger partial charge is 0.460 e. The Balaban J connectivity index is 1.66. The van der Waals surface area contributed by atoms with E-state index in [-0.39, 0.29) is 17.3 Å². The van der Waals surface area contributed by atoms with Crippen molar-refractivity contribution in [1.82, 2.24) is 5.32 Å². The monoisotopic (exact) mass is 503 g/mol. The molecule has 4 aliphatic carbocycles. The number of carbonyl (C=O) groups is 2. The molecule has 5 heteroatoms. The van der Waals surface area contributed by atoms with E-state index in [0.29, 0.717) is 29.6 Å². The molecule has 0 heterocycles. The molecule has 4 saturated carbocycles. The molecule has 0 aromatic heterocycles. The van der Waals surface area contributed by atoms with Gasteiger partial charge in [-0.25, -0.2) is 0 Å². The van der Waals surface area contributed by atoms with Crippen LogP contribution in [0.4, 0.5) is 0 Å². The van der Waals surface area contributed by atoms with Crippen LogP contribution in [0, 0.1) is 46.3 Å². The van der Waals surface area contributed by atoms with Crippen molar-refractivity contribution in [2.75, 3.05) is 0 Å². The van der Waals surface area contributed by atoms with Crippen molar-refractivity contribution in [2.45, 2.75) is 137 Å². The average Bonchev–Trinajstić information content (AvgIpc) is 3.12. The number of hydrogen-bond donors (Lipinski definition) is 2. The van der Waals surface area contributed by atoms with Crippen molar-refractivity contribution in [1.29, 1.82) is 0 Å². The molecule has 0 spiro atoms. The molecule has 4 fully saturated rings. The van der Waals surface area contributed by atoms with Crippen molar-refractivity contribution in [3.05, 3.63) is 0 Å². The van der Waals surface area contributed by atoms with Crippen molar-refractivity contribution < 1.29 is 19.4 Å². The average molecular weight is 504 g/mol. The molecule has 4 rings (SSSR count). The van der Waals surface area contributed by atoms with Gasteiger partial charge in [-0.15, -0.1) is 0 Å². The Bertz CT molecular complexity index is 827. The molecule has 4 aliphatic rings. The van der Waals surface area contributed by atoms with E-state index < -0.39 is 17.7 Å². The van der Waals surface area contributed by atoms with E-state index in [4.69, 9.17) is 4.74 Å². The van der Waals surface area contributed by atoms with Crippen LogP contribution in [0.15, 0.2) is 0 Å². The lowest BCUT2D eigenvalue weighted by molar-refractivity contribution is -0.226. The number of ether oxygens (including phenoxy) is 1. The van der Waals surface area contributed by atoms with Crippen molar-refractivity contribution in [3.63, 3.8) is 0 Å². The molecule has 2 N–H and O–H groups in total. The van der Waals surface area contributed by atoms with E-state index in [1.165, 1.54) is 52.4 Å². The normalized spacial score (nSPS) is 44.8. The second-order valence-corrected chi connectivity index (χ2v) is 14.1. The predicted octanol–water partition coefficient (Wildman–Crippen LogP) is 6.27. The van der Waals surface area contributed by atoms with Crippen molar-refractivity contribution in [2.24, 2.45) is 46.3 Å². The first-order valence-corrected chi connectivity index (χ1v) is 15.0. The zero-order valence-corrected chi connectivity index (χ0v) is 24.1. The first-order valence-electron chi connectivity index (χ1n) is 15.0. The molecular weight excluding hydrogens is 450 g/mol. The first kappa shape index (κ1) is 27.9. The Kier molecular flexibility index (Phi) is 7.93. The third kappa shape index (κ3) is 4.43. The van der Waals surface area contributed by atoms with Crippen LogP contribution in [-0.2, 0) is 14.3 Å². The van der Waals surface area contributed by atoms with Crippen molar-refractivity contribution >= 4 is 11.9 Å². The smallest absolute Gasteiger partial charge is 0.302 e. The Morgan fingerprint density at radius 1 is 1.00 bits per heavy atom. The number of amides is 1. The van der Waals surface area contributed by atoms with Gasteiger partial charge in [0.2, 0.25) is 5.91 Å². The maximum absolute atomic E-state index is 12.6. The number of carbonyl (C=O) groups excluding carboxylic acids is 2. The predicted molar refractivity (Wildman–Crippen MR) is 143 cm³/mol. The van der Waals surface area contributed by atoms with E-state index in [1.807, 2.05) is 0 Å². The number of aliphatic hydroxyl groups excluding tert-OH is 1. The summed E-state index contributed by atoms with van der Waals surface area (Å²) in [6.45, 7) is 15.0. The molecule has 206 valence electrons. The zero-order chi connectivity index (χ0) is 26.5. The number of aliphatic hydroxyl groups is 1. The van der Waals surface area contributed by atoms with E-state index >= 15 is 0 Å². The van der Waals surface area contributed by atoms with Gasteiger partial charge in [0.15, 0.2) is 0 Å². The van der Waals surface area contributed by atoms with Crippen LogP contribution >= 0.6 is 0 Å². The molecule has 0 aromatic rings. The minimum Gasteiger partial charge on any atom is -0.460 e. The summed E-state index contributed by atoms with van der Waals surface area (Å²) in [5.41, 5.74) is -0.863. The Labute approximate surface area is 219 Å². The van der Waals surface area contributed by atoms with Gasteiger partial charge in [0.1, 0.15) is 11.6 Å². The highest BCUT2D eigenvalue weighted by atomic mass is 16.5. The highest BCUT2D eigenvalue weighted by Crippen LogP contribution is 2.69. The molecule has 0 bridgehead atoms. The molecule has 0 aliphatic heterocycles. The number of hydrogen-bond acceptors (Lipinski definition) is 4. The second-order valence-electron chi connectivity index (χ2n) is 14.1. The van der Waals surface area contributed by atoms with Crippen LogP contribution in [-0.4, -0.2) is 34.7 Å². The molecule has 0 radical (unpaired) electrons. The Hall–Kier alpha value is -1.10. The Morgan fingerprint density at radius 2 is 1.72 bits per heavy atom. The number of fused-ring (bicyclic) bond motifs is 5. The quantitative estimate of drug-likeness (QED) is 0.402. The van der Waals surface area contributed by atoms with Gasteiger partial charge in [0.25, 0.3) is 0 Å². The third-order valence-corrected chi connectivity index (χ3v) is 11.8. The zero-order valence-electron chi connectivity index (χ0n) is 24.1. The van der Waals surface area contributed by atoms with Gasteiger partial charge in [-0.3, -0.25) is 9.59 Å². The summed E-state index contributed by atoms with van der Waals surface area (Å²) in [7, 11) is 0. The summed E-state index contributed by atoms with van der Waals surface area (Å²) < 4.78 is 6.07. The number of rotatable bonds is 7. The van der Waals surface area contributed by atoms with Crippen LogP contribution in [0.25, 0.3) is 0 Å². The van der Waals surface area contributed by atoms with Gasteiger partial charge in [-0.2, -0.15) is 0 Å². The SMILES string of the molecule is CC(=O)NC12C(O)CCCC1(C)C1CCC3(C)C(C(C)CCCC(C)C)CCC3C1CC2OC(C)=O. The van der Waals surface area contributed by atoms with Crippen LogP contribution in [0.1, 0.15) is 119 Å². The molecule has 0 saturated heterocycles. The summed E-state index contributed by atoms with van der Waals surface area (Å²) in [6.07, 6.45) is 11.0. The third-order valence-electron chi connectivity index (χ3n) is 11.8. The van der Waals surface area contributed by atoms with Gasteiger partial charge in [-0.05, 0) is 91.3 Å². The molecule has 10 atom stereocenters.